The first kappa shape index (κ1) is 66.2. The molecule has 20 aromatic rings. The highest BCUT2D eigenvalue weighted by atomic mass is 79.9. The largest absolute Gasteiger partial charge is 0.489 e. The van der Waals surface area contributed by atoms with Crippen LogP contribution in [0.15, 0.2) is 377 Å². The maximum atomic E-state index is 9.74. The van der Waals surface area contributed by atoms with Crippen molar-refractivity contribution in [1.82, 2.24) is 0 Å². The van der Waals surface area contributed by atoms with Gasteiger partial charge in [0.25, 0.3) is 0 Å². The fourth-order valence-corrected chi connectivity index (χ4v) is 15.9. The summed E-state index contributed by atoms with van der Waals surface area (Å²) in [5.41, 5.74) is 20.7. The molecule has 2 heterocycles. The lowest BCUT2D eigenvalue weighted by atomic mass is 9.75. The fraction of sp³-hybridized carbons (Fsp3) is 0.0103. The summed E-state index contributed by atoms with van der Waals surface area (Å²) >= 11 is 3.83. The predicted molar refractivity (Wildman–Crippen MR) is 447 cm³/mol. The van der Waals surface area contributed by atoms with Crippen LogP contribution in [-0.4, -0.2) is 25.6 Å². The lowest BCUT2D eigenvalue weighted by Crippen LogP contribution is -2.30. The second kappa shape index (κ2) is 28.2. The van der Waals surface area contributed by atoms with E-state index in [1.54, 1.807) is 0 Å². The van der Waals surface area contributed by atoms with Gasteiger partial charge in [-0.15, -0.1) is 0 Å². The Kier molecular flexibility index (Phi) is 18.0. The van der Waals surface area contributed by atoms with Gasteiger partial charge in [0, 0.05) is 34.4 Å². The molecule has 0 aliphatic heterocycles. The van der Waals surface area contributed by atoms with E-state index in [2.05, 4.69) is 307 Å². The van der Waals surface area contributed by atoms with Gasteiger partial charge in [0.1, 0.15) is 22.3 Å². The van der Waals surface area contributed by atoms with Crippen LogP contribution < -0.4 is 5.46 Å². The maximum absolute atomic E-state index is 9.74. The highest BCUT2D eigenvalue weighted by Crippen LogP contribution is 2.48. The van der Waals surface area contributed by atoms with Crippen LogP contribution >= 0.6 is 15.9 Å². The smallest absolute Gasteiger partial charge is 0.456 e. The van der Waals surface area contributed by atoms with Crippen LogP contribution in [0.3, 0.4) is 0 Å². The lowest BCUT2D eigenvalue weighted by molar-refractivity contribution is 0.426. The molecule has 0 saturated heterocycles. The third-order valence-corrected chi connectivity index (χ3v) is 20.9. The third kappa shape index (κ3) is 12.1. The summed E-state index contributed by atoms with van der Waals surface area (Å²) in [6.07, 6.45) is 0. The van der Waals surface area contributed by atoms with Gasteiger partial charge in [-0.2, -0.15) is 0 Å². The standard InChI is InChI=1S/C48H30O.C26H15BrO.C22H17BO2.CH4.B/c1-2-12-31(13-3-1)32-22-24-33(25-23-32)36-28-34-14-4-5-15-37(34)44(29-36)48-42-19-8-6-17-40(42)47(41-18-7-9-20-43(41)48)35-26-27-39-38-16-10-11-21-45(38)49-46(39)30-35;27-26-21-10-3-1-8-19(21)25(20-9-2-4-11-22(20)26)16-13-14-18-17-7-5-6-12-23(17)28-24(18)15-16;24-23(25)22-15-20(14-19-8-4-5-9-21(19)22)18-12-10-17(11-13-18)16-6-2-1-3-7-16;;/h1-30H;1-15H;1-15,24-25H;1H4;. The normalized spacial score (nSPS) is 11.3. The molecule has 0 unspecified atom stereocenters. The first-order valence-electron chi connectivity index (χ1n) is 34.4. The number of hydrogen-bond donors (Lipinski definition) is 2. The van der Waals surface area contributed by atoms with Crippen LogP contribution in [0.5, 0.6) is 0 Å². The second-order valence-corrected chi connectivity index (χ2v) is 26.8. The Morgan fingerprint density at radius 3 is 0.933 bits per heavy atom. The molecule has 0 aliphatic rings. The highest BCUT2D eigenvalue weighted by Gasteiger charge is 2.22. The van der Waals surface area contributed by atoms with E-state index in [1.165, 1.54) is 109 Å². The summed E-state index contributed by atoms with van der Waals surface area (Å²) in [5, 5.41) is 38.3. The topological polar surface area (TPSA) is 66.7 Å². The van der Waals surface area contributed by atoms with Crippen LogP contribution in [-0.2, 0) is 0 Å². The van der Waals surface area contributed by atoms with Crippen molar-refractivity contribution in [3.05, 3.63) is 368 Å². The summed E-state index contributed by atoms with van der Waals surface area (Å²) < 4.78 is 13.7. The number of halogens is 1. The van der Waals surface area contributed by atoms with Gasteiger partial charge < -0.3 is 18.9 Å². The SMILES string of the molecule is Brc1c2ccccc2c(-c2ccc3c(c2)oc2ccccc23)c2ccccc12.C.OB(O)c1cc(-c2ccc(-c3ccccc3)cc2)cc2ccccc12.[B].c1ccc(-c2ccc(-c3cc(-c4c5ccccc5c(-c5ccc6c(c5)oc5ccccc56)c5ccccc45)c4ccccc4c3)cc2)cc1. The number of rotatable bonds is 8. The lowest BCUT2D eigenvalue weighted by Gasteiger charge is -2.19. The molecule has 2 aromatic heterocycles. The second-order valence-electron chi connectivity index (χ2n) is 26.0. The van der Waals surface area contributed by atoms with Crippen LogP contribution in [0, 0.1) is 0 Å². The zero-order valence-electron chi connectivity index (χ0n) is 55.9. The van der Waals surface area contributed by atoms with Gasteiger partial charge in [-0.1, -0.05) is 317 Å². The monoisotopic (exact) mass is 1400 g/mol. The number of furan rings is 2. The summed E-state index contributed by atoms with van der Waals surface area (Å²) in [6.45, 7) is 0. The summed E-state index contributed by atoms with van der Waals surface area (Å²) in [7, 11) is -1.49. The molecule has 491 valence electrons. The Labute approximate surface area is 613 Å². The van der Waals surface area contributed by atoms with Crippen molar-refractivity contribution < 1.29 is 18.9 Å². The van der Waals surface area contributed by atoms with Gasteiger partial charge in [0.05, 0.1) is 0 Å². The molecule has 0 bridgehead atoms. The van der Waals surface area contributed by atoms with Gasteiger partial charge in [-0.05, 0) is 219 Å². The van der Waals surface area contributed by atoms with E-state index in [9.17, 15) is 10.0 Å². The molecule has 0 saturated carbocycles. The van der Waals surface area contributed by atoms with Crippen molar-refractivity contribution in [1.29, 1.82) is 0 Å². The number of para-hydroxylation sites is 2. The Balaban J connectivity index is 0.000000129. The summed E-state index contributed by atoms with van der Waals surface area (Å²) in [5.74, 6) is 0. The van der Waals surface area contributed by atoms with E-state index in [-0.39, 0.29) is 15.8 Å². The highest BCUT2D eigenvalue weighted by molar-refractivity contribution is 9.10. The number of hydrogen-bond acceptors (Lipinski definition) is 4. The van der Waals surface area contributed by atoms with E-state index in [0.717, 1.165) is 81.4 Å². The molecular weight excluding hydrogens is 1330 g/mol. The molecule has 104 heavy (non-hydrogen) atoms. The first-order chi connectivity index (χ1) is 50.3. The van der Waals surface area contributed by atoms with E-state index >= 15 is 0 Å². The van der Waals surface area contributed by atoms with Crippen molar-refractivity contribution in [2.45, 2.75) is 7.43 Å². The molecule has 0 spiro atoms. The molecular formula is C97H66B2BrO4. The van der Waals surface area contributed by atoms with Crippen LogP contribution in [0.1, 0.15) is 7.43 Å². The Morgan fingerprint density at radius 1 is 0.221 bits per heavy atom. The van der Waals surface area contributed by atoms with Crippen molar-refractivity contribution >= 4 is 145 Å². The average molecular weight is 1400 g/mol. The van der Waals surface area contributed by atoms with Crippen LogP contribution in [0.25, 0.3) is 186 Å². The van der Waals surface area contributed by atoms with E-state index in [1.807, 2.05) is 72.8 Å². The molecule has 7 heteroatoms. The van der Waals surface area contributed by atoms with Crippen LogP contribution in [0.2, 0.25) is 0 Å². The van der Waals surface area contributed by atoms with Gasteiger partial charge in [0.2, 0.25) is 0 Å². The zero-order chi connectivity index (χ0) is 68.2. The fourth-order valence-electron chi connectivity index (χ4n) is 15.3. The van der Waals surface area contributed by atoms with Gasteiger partial charge in [0.15, 0.2) is 0 Å². The van der Waals surface area contributed by atoms with Gasteiger partial charge >= 0.3 is 7.12 Å². The third-order valence-electron chi connectivity index (χ3n) is 20.1. The first-order valence-corrected chi connectivity index (χ1v) is 35.2. The van der Waals surface area contributed by atoms with E-state index in [0.29, 0.717) is 5.46 Å². The van der Waals surface area contributed by atoms with Crippen LogP contribution in [0.4, 0.5) is 0 Å². The molecule has 0 aliphatic carbocycles. The molecule has 2 N–H and O–H groups in total. The average Bonchev–Trinajstić information content (AvgIpc) is 0.862. The Bertz CT molecular complexity index is 6490. The number of fused-ring (bicyclic) bond motifs is 12. The van der Waals surface area contributed by atoms with Crippen molar-refractivity contribution in [3.8, 4) is 77.9 Å². The minimum atomic E-state index is -1.49. The van der Waals surface area contributed by atoms with E-state index < -0.39 is 7.12 Å². The molecule has 4 nitrogen and oxygen atoms in total. The van der Waals surface area contributed by atoms with Crippen molar-refractivity contribution in [2.24, 2.45) is 0 Å². The minimum Gasteiger partial charge on any atom is -0.456 e. The molecule has 0 atom stereocenters. The Hall–Kier alpha value is -12.4. The zero-order valence-corrected chi connectivity index (χ0v) is 57.5. The van der Waals surface area contributed by atoms with Gasteiger partial charge in [-0.25, -0.2) is 0 Å². The van der Waals surface area contributed by atoms with E-state index in [4.69, 9.17) is 8.83 Å². The Morgan fingerprint density at radius 2 is 0.510 bits per heavy atom. The molecule has 18 aromatic carbocycles. The number of benzene rings is 18. The molecule has 20 rings (SSSR count). The van der Waals surface area contributed by atoms with Crippen molar-refractivity contribution in [2.75, 3.05) is 0 Å². The summed E-state index contributed by atoms with van der Waals surface area (Å²) in [6, 6.07) is 128. The quantitative estimate of drug-likeness (QED) is 0.118. The van der Waals surface area contributed by atoms with Gasteiger partial charge in [-0.3, -0.25) is 0 Å². The molecule has 0 amide bonds. The molecule has 0 fully saturated rings. The molecule has 3 radical (unpaired) electrons. The minimum absolute atomic E-state index is 0. The maximum Gasteiger partial charge on any atom is 0.489 e. The predicted octanol–water partition coefficient (Wildman–Crippen LogP) is 26.1. The summed E-state index contributed by atoms with van der Waals surface area (Å²) in [4.78, 5) is 0. The van der Waals surface area contributed by atoms with Crippen molar-refractivity contribution in [3.63, 3.8) is 0 Å².